The number of hydrogen-bond acceptors (Lipinski definition) is 6. The number of carbonyl (C=O) groups excluding carboxylic acids is 2. The Morgan fingerprint density at radius 1 is 1.45 bits per heavy atom. The zero-order valence-corrected chi connectivity index (χ0v) is 13.1. The van der Waals surface area contributed by atoms with E-state index in [0.29, 0.717) is 15.8 Å². The monoisotopic (exact) mass is 330 g/mol. The van der Waals surface area contributed by atoms with E-state index in [4.69, 9.17) is 16.3 Å². The normalized spacial score (nSPS) is 10.3. The van der Waals surface area contributed by atoms with Gasteiger partial charge in [0.2, 0.25) is 5.91 Å². The molecule has 2 aromatic heterocycles. The smallest absolute Gasteiger partial charge is 0.302 e. The van der Waals surface area contributed by atoms with E-state index in [1.54, 1.807) is 11.4 Å². The molecule has 0 spiro atoms. The molecule has 0 radical (unpaired) electrons. The average Bonchev–Trinajstić information content (AvgIpc) is 2.92. The van der Waals surface area contributed by atoms with Crippen molar-refractivity contribution in [3.63, 3.8) is 0 Å². The molecule has 0 unspecified atom stereocenters. The molecular formula is C12H11ClN2O3S2. The van der Waals surface area contributed by atoms with Crippen molar-refractivity contribution in [1.82, 2.24) is 4.98 Å². The molecule has 8 heteroatoms. The van der Waals surface area contributed by atoms with Crippen molar-refractivity contribution >= 4 is 51.3 Å². The molecule has 5 nitrogen and oxygen atoms in total. The van der Waals surface area contributed by atoms with Gasteiger partial charge in [-0.15, -0.1) is 11.3 Å². The van der Waals surface area contributed by atoms with Crippen LogP contribution >= 0.6 is 34.3 Å². The molecule has 1 amide bonds. The summed E-state index contributed by atoms with van der Waals surface area (Å²) in [6.45, 7) is 2.88. The Labute approximate surface area is 128 Å². The number of halogens is 1. The highest BCUT2D eigenvalue weighted by Crippen LogP contribution is 2.36. The number of nitrogens with one attached hydrogen (secondary N) is 1. The van der Waals surface area contributed by atoms with Crippen LogP contribution in [0.1, 0.15) is 18.7 Å². The number of ether oxygens (including phenoxy) is 1. The van der Waals surface area contributed by atoms with Crippen LogP contribution in [0.4, 0.5) is 5.13 Å². The first-order valence-electron chi connectivity index (χ1n) is 5.60. The summed E-state index contributed by atoms with van der Waals surface area (Å²) < 4.78 is 5.01. The van der Waals surface area contributed by atoms with E-state index in [1.807, 2.05) is 0 Å². The summed E-state index contributed by atoms with van der Waals surface area (Å²) in [4.78, 5) is 28.0. The number of rotatable bonds is 4. The van der Waals surface area contributed by atoms with Crippen LogP contribution in [0.3, 0.4) is 0 Å². The van der Waals surface area contributed by atoms with Crippen molar-refractivity contribution in [1.29, 1.82) is 0 Å². The molecule has 20 heavy (non-hydrogen) atoms. The van der Waals surface area contributed by atoms with Crippen LogP contribution in [-0.4, -0.2) is 16.9 Å². The van der Waals surface area contributed by atoms with Crippen LogP contribution in [-0.2, 0) is 20.9 Å². The Morgan fingerprint density at radius 2 is 2.20 bits per heavy atom. The predicted octanol–water partition coefficient (Wildman–Crippen LogP) is 3.55. The summed E-state index contributed by atoms with van der Waals surface area (Å²) in [5, 5.41) is 5.52. The molecule has 0 aliphatic heterocycles. The van der Waals surface area contributed by atoms with Gasteiger partial charge < -0.3 is 10.1 Å². The first-order chi connectivity index (χ1) is 9.45. The maximum absolute atomic E-state index is 11.1. The lowest BCUT2D eigenvalue weighted by Gasteiger charge is -2.00. The molecule has 0 bridgehead atoms. The molecule has 0 saturated carbocycles. The number of nitrogens with zero attached hydrogens (tertiary/aromatic N) is 1. The third kappa shape index (κ3) is 3.78. The van der Waals surface area contributed by atoms with Crippen molar-refractivity contribution in [2.24, 2.45) is 0 Å². The number of amides is 1. The fourth-order valence-corrected chi connectivity index (χ4v) is 3.54. The van der Waals surface area contributed by atoms with Gasteiger partial charge in [0.15, 0.2) is 5.13 Å². The van der Waals surface area contributed by atoms with Crippen molar-refractivity contribution in [2.45, 2.75) is 20.5 Å². The zero-order valence-electron chi connectivity index (χ0n) is 10.7. The lowest BCUT2D eigenvalue weighted by atomic mass is 10.3. The maximum Gasteiger partial charge on any atom is 0.302 e. The van der Waals surface area contributed by atoms with Gasteiger partial charge in [-0.1, -0.05) is 22.9 Å². The topological polar surface area (TPSA) is 68.3 Å². The lowest BCUT2D eigenvalue weighted by Crippen LogP contribution is -2.04. The van der Waals surface area contributed by atoms with Crippen LogP contribution in [0, 0.1) is 0 Å². The minimum Gasteiger partial charge on any atom is -0.460 e. The standard InChI is InChI=1S/C12H11ClN2O3S2/c1-6(16)14-12-15-11(9-3-8(13)5-19-9)10(20-12)4-18-7(2)17/h3,5H,4H2,1-2H3,(H,14,15,16). The van der Waals surface area contributed by atoms with E-state index >= 15 is 0 Å². The Bertz CT molecular complexity index is 651. The van der Waals surface area contributed by atoms with Crippen LogP contribution in [0.5, 0.6) is 0 Å². The molecular weight excluding hydrogens is 320 g/mol. The number of hydrogen-bond donors (Lipinski definition) is 1. The zero-order chi connectivity index (χ0) is 14.7. The highest BCUT2D eigenvalue weighted by atomic mass is 35.5. The second-order valence-electron chi connectivity index (χ2n) is 3.88. The Hall–Kier alpha value is -1.44. The van der Waals surface area contributed by atoms with Gasteiger partial charge in [0.1, 0.15) is 12.3 Å². The second-order valence-corrected chi connectivity index (χ2v) is 6.31. The number of anilines is 1. The van der Waals surface area contributed by atoms with Gasteiger partial charge in [0, 0.05) is 19.2 Å². The first-order valence-corrected chi connectivity index (χ1v) is 7.68. The quantitative estimate of drug-likeness (QED) is 0.870. The number of thiazole rings is 1. The van der Waals surface area contributed by atoms with E-state index in [-0.39, 0.29) is 18.5 Å². The van der Waals surface area contributed by atoms with Gasteiger partial charge in [0.05, 0.1) is 14.8 Å². The fraction of sp³-hybridized carbons (Fsp3) is 0.250. The molecule has 0 saturated heterocycles. The van der Waals surface area contributed by atoms with Gasteiger partial charge in [0.25, 0.3) is 0 Å². The van der Waals surface area contributed by atoms with E-state index in [1.165, 1.54) is 36.5 Å². The molecule has 0 aliphatic carbocycles. The Morgan fingerprint density at radius 3 is 2.75 bits per heavy atom. The molecule has 0 atom stereocenters. The number of carbonyl (C=O) groups is 2. The predicted molar refractivity (Wildman–Crippen MR) is 80.2 cm³/mol. The largest absolute Gasteiger partial charge is 0.460 e. The SMILES string of the molecule is CC(=O)Nc1nc(-c2cc(Cl)cs2)c(COC(C)=O)s1. The molecule has 2 rings (SSSR count). The van der Waals surface area contributed by atoms with Crippen molar-refractivity contribution < 1.29 is 14.3 Å². The Balaban J connectivity index is 2.33. The third-order valence-corrected chi connectivity index (χ3v) is 4.42. The van der Waals surface area contributed by atoms with E-state index in [9.17, 15) is 9.59 Å². The van der Waals surface area contributed by atoms with Gasteiger partial charge in [-0.05, 0) is 6.07 Å². The molecule has 2 aromatic rings. The number of thiophene rings is 1. The molecule has 0 fully saturated rings. The first kappa shape index (κ1) is 15.0. The maximum atomic E-state index is 11.1. The van der Waals surface area contributed by atoms with Gasteiger partial charge in [-0.3, -0.25) is 9.59 Å². The summed E-state index contributed by atoms with van der Waals surface area (Å²) in [5.74, 6) is -0.566. The fourth-order valence-electron chi connectivity index (χ4n) is 1.45. The summed E-state index contributed by atoms with van der Waals surface area (Å²) in [7, 11) is 0. The van der Waals surface area contributed by atoms with Gasteiger partial charge in [-0.25, -0.2) is 4.98 Å². The van der Waals surface area contributed by atoms with Crippen molar-refractivity contribution in [2.75, 3.05) is 5.32 Å². The van der Waals surface area contributed by atoms with Crippen LogP contribution in [0.15, 0.2) is 11.4 Å². The molecule has 106 valence electrons. The van der Waals surface area contributed by atoms with Crippen LogP contribution in [0.25, 0.3) is 10.6 Å². The highest BCUT2D eigenvalue weighted by molar-refractivity contribution is 7.17. The molecule has 0 aromatic carbocycles. The molecule has 1 N–H and O–H groups in total. The van der Waals surface area contributed by atoms with Gasteiger partial charge >= 0.3 is 5.97 Å². The molecule has 0 aliphatic rings. The van der Waals surface area contributed by atoms with E-state index in [0.717, 1.165) is 9.75 Å². The third-order valence-electron chi connectivity index (χ3n) is 2.19. The number of esters is 1. The Kier molecular flexibility index (Phi) is 4.74. The van der Waals surface area contributed by atoms with Crippen LogP contribution in [0.2, 0.25) is 5.02 Å². The van der Waals surface area contributed by atoms with E-state index in [2.05, 4.69) is 10.3 Å². The lowest BCUT2D eigenvalue weighted by molar-refractivity contribution is -0.142. The van der Waals surface area contributed by atoms with Crippen molar-refractivity contribution in [3.8, 4) is 10.6 Å². The second kappa shape index (κ2) is 6.34. The van der Waals surface area contributed by atoms with Crippen LogP contribution < -0.4 is 5.32 Å². The minimum atomic E-state index is -0.366. The minimum absolute atomic E-state index is 0.122. The van der Waals surface area contributed by atoms with Crippen molar-refractivity contribution in [3.05, 3.63) is 21.3 Å². The highest BCUT2D eigenvalue weighted by Gasteiger charge is 2.16. The van der Waals surface area contributed by atoms with E-state index < -0.39 is 0 Å². The summed E-state index contributed by atoms with van der Waals surface area (Å²) >= 11 is 8.63. The average molecular weight is 331 g/mol. The number of aromatic nitrogens is 1. The summed E-state index contributed by atoms with van der Waals surface area (Å²) in [5.41, 5.74) is 0.678. The molecule has 2 heterocycles. The summed E-state index contributed by atoms with van der Waals surface area (Å²) in [6, 6.07) is 1.79. The van der Waals surface area contributed by atoms with Gasteiger partial charge in [-0.2, -0.15) is 0 Å². The summed E-state index contributed by atoms with van der Waals surface area (Å²) in [6.07, 6.45) is 0.